The fourth-order valence-electron chi connectivity index (χ4n) is 7.67. The summed E-state index contributed by atoms with van der Waals surface area (Å²) >= 11 is 0. The zero-order chi connectivity index (χ0) is 39.2. The molecule has 1 aliphatic carbocycles. The van der Waals surface area contributed by atoms with Crippen molar-refractivity contribution in [1.82, 2.24) is 0 Å². The van der Waals surface area contributed by atoms with Crippen LogP contribution in [0.1, 0.15) is 75.2 Å². The Morgan fingerprint density at radius 2 is 1.40 bits per heavy atom. The highest BCUT2D eigenvalue weighted by atomic mass is 31.2. The lowest BCUT2D eigenvalue weighted by Crippen LogP contribution is -2.32. The predicted octanol–water partition coefficient (Wildman–Crippen LogP) is 7.29. The van der Waals surface area contributed by atoms with Crippen LogP contribution >= 0.6 is 23.5 Å². The summed E-state index contributed by atoms with van der Waals surface area (Å²) in [6.45, 7) is 0.348. The van der Waals surface area contributed by atoms with E-state index in [1.165, 1.54) is 6.42 Å². The first kappa shape index (κ1) is 42.6. The Hall–Kier alpha value is -1.97. The van der Waals surface area contributed by atoms with Crippen LogP contribution in [0, 0.1) is 11.8 Å². The number of benzene rings is 2. The van der Waals surface area contributed by atoms with E-state index in [4.69, 9.17) is 41.6 Å². The van der Waals surface area contributed by atoms with Gasteiger partial charge >= 0.3 is 23.5 Å². The van der Waals surface area contributed by atoms with Crippen LogP contribution in [0.5, 0.6) is 0 Å². The van der Waals surface area contributed by atoms with E-state index in [-0.39, 0.29) is 36.8 Å². The highest BCUT2D eigenvalue weighted by Gasteiger charge is 2.49. The molecule has 3 heterocycles. The quantitative estimate of drug-likeness (QED) is 0.126. The standard InChI is InChI=1S/C36H51O16P3/c1-24-35(27-17-11-6-12-18-27)50-34(23-47-54(39,40)46-21-32-30(43-2)19-28(48-32)25-13-7-4-8-14-25)36(24)52-55(41,42)51-31-20-29(26-15-9-5-10-16-26)49-33(31)22-45-53(37,38)44-3/h5-6,9-12,15-18,24-25,28-30,32,34-36H,4,7-8,13-14,19-23H2,1-3H3,(H,37,38)(H,39,40)(H,41,42)/t24-,28-,29-,30?,32-,34-,35-,36-/m1/s1. The van der Waals surface area contributed by atoms with Crippen molar-refractivity contribution in [3.05, 3.63) is 83.3 Å². The van der Waals surface area contributed by atoms with Gasteiger partial charge in [0.25, 0.3) is 0 Å². The van der Waals surface area contributed by atoms with E-state index >= 15 is 0 Å². The molecule has 19 heteroatoms. The van der Waals surface area contributed by atoms with Gasteiger partial charge in [-0.3, -0.25) is 27.5 Å². The van der Waals surface area contributed by atoms with E-state index in [1.54, 1.807) is 38.3 Å². The number of hydrogen-bond acceptors (Lipinski definition) is 13. The molecule has 2 aromatic carbocycles. The average molecular weight is 833 g/mol. The Kier molecular flexibility index (Phi) is 14.5. The molecule has 6 rings (SSSR count). The molecule has 4 unspecified atom stereocenters. The number of phosphoric ester groups is 3. The highest BCUT2D eigenvalue weighted by Crippen LogP contribution is 2.56. The Morgan fingerprint density at radius 3 is 2.04 bits per heavy atom. The summed E-state index contributed by atoms with van der Waals surface area (Å²) in [5, 5.41) is 0. The molecule has 1 saturated carbocycles. The van der Waals surface area contributed by atoms with Gasteiger partial charge in [-0.15, -0.1) is 0 Å². The minimum Gasteiger partial charge on any atom is -0.484 e. The lowest BCUT2D eigenvalue weighted by molar-refractivity contribution is -0.0555. The third-order valence-electron chi connectivity index (χ3n) is 10.5. The van der Waals surface area contributed by atoms with Crippen LogP contribution in [-0.4, -0.2) is 79.2 Å². The maximum atomic E-state index is 13.8. The van der Waals surface area contributed by atoms with Crippen LogP contribution in [-0.2, 0) is 59.8 Å². The molecule has 0 bridgehead atoms. The van der Waals surface area contributed by atoms with Crippen LogP contribution in [0.2, 0.25) is 0 Å². The smallest absolute Gasteiger partial charge is 0.484 e. The van der Waals surface area contributed by atoms with Gasteiger partial charge in [-0.2, -0.15) is 0 Å². The average Bonchev–Trinajstić information content (AvgIpc) is 3.88. The van der Waals surface area contributed by atoms with E-state index in [0.29, 0.717) is 17.9 Å². The molecule has 2 aromatic rings. The van der Waals surface area contributed by atoms with Gasteiger partial charge in [0.1, 0.15) is 31.0 Å². The molecular weight excluding hydrogens is 781 g/mol. The Morgan fingerprint density at radius 1 is 0.764 bits per heavy atom. The third-order valence-corrected chi connectivity index (χ3v) is 13.4. The molecule has 0 amide bonds. The second-order valence-electron chi connectivity index (χ2n) is 14.2. The summed E-state index contributed by atoms with van der Waals surface area (Å²) in [5.41, 5.74) is 1.45. The monoisotopic (exact) mass is 832 g/mol. The van der Waals surface area contributed by atoms with Crippen molar-refractivity contribution < 1.29 is 74.5 Å². The molecule has 0 aromatic heterocycles. The first-order chi connectivity index (χ1) is 26.3. The maximum Gasteiger partial charge on any atom is 0.527 e. The molecule has 0 spiro atoms. The minimum atomic E-state index is -5.02. The van der Waals surface area contributed by atoms with Crippen molar-refractivity contribution in [1.29, 1.82) is 0 Å². The maximum absolute atomic E-state index is 13.8. The first-order valence-corrected chi connectivity index (χ1v) is 22.9. The van der Waals surface area contributed by atoms with E-state index in [9.17, 15) is 28.4 Å². The van der Waals surface area contributed by atoms with Gasteiger partial charge in [-0.25, -0.2) is 13.7 Å². The van der Waals surface area contributed by atoms with E-state index < -0.39 is 73.1 Å². The van der Waals surface area contributed by atoms with Crippen molar-refractivity contribution in [3.8, 4) is 0 Å². The van der Waals surface area contributed by atoms with Gasteiger partial charge < -0.3 is 33.3 Å². The molecule has 2 saturated heterocycles. The number of phosphoric acid groups is 3. The van der Waals surface area contributed by atoms with Gasteiger partial charge in [-0.1, -0.05) is 86.8 Å². The summed E-state index contributed by atoms with van der Waals surface area (Å²) in [5.74, 6) is -0.423. The SMILES string of the molecule is COC1C[C@H](C2CCCCC2)O[C@@H]1COP(=O)(O)OC[C@H]1O[C@@H](c2ccccc2)[C@@H](C)[C@H]1OP(=O)(O)OC1=C(COP(=O)(O)OC)O[C@@H](c2ccccc2)C1. The fraction of sp³-hybridized carbons (Fsp3) is 0.611. The van der Waals surface area contributed by atoms with Crippen LogP contribution in [0.4, 0.5) is 0 Å². The zero-order valence-electron chi connectivity index (χ0n) is 31.0. The largest absolute Gasteiger partial charge is 0.527 e. The second kappa shape index (κ2) is 18.7. The van der Waals surface area contributed by atoms with Crippen molar-refractivity contribution in [2.24, 2.45) is 11.8 Å². The molecule has 16 nitrogen and oxygen atoms in total. The molecular formula is C36H51O16P3. The molecule has 11 atom stereocenters. The zero-order valence-corrected chi connectivity index (χ0v) is 33.7. The van der Waals surface area contributed by atoms with Gasteiger partial charge in [0, 0.05) is 26.6 Å². The van der Waals surface area contributed by atoms with Crippen molar-refractivity contribution in [2.75, 3.05) is 34.0 Å². The minimum absolute atomic E-state index is 0.0170. The number of ether oxygens (including phenoxy) is 4. The fourth-order valence-corrected chi connectivity index (χ4v) is 9.94. The van der Waals surface area contributed by atoms with Crippen LogP contribution in [0.25, 0.3) is 0 Å². The summed E-state index contributed by atoms with van der Waals surface area (Å²) in [4.78, 5) is 31.7. The third kappa shape index (κ3) is 11.4. The molecule has 0 radical (unpaired) electrons. The molecule has 306 valence electrons. The second-order valence-corrected chi connectivity index (χ2v) is 18.5. The predicted molar refractivity (Wildman–Crippen MR) is 196 cm³/mol. The summed E-state index contributed by atoms with van der Waals surface area (Å²) in [7, 11) is -11.6. The van der Waals surface area contributed by atoms with E-state index in [1.807, 2.05) is 36.4 Å². The van der Waals surface area contributed by atoms with Crippen molar-refractivity contribution in [2.45, 2.75) is 94.6 Å². The van der Waals surface area contributed by atoms with E-state index in [2.05, 4.69) is 4.52 Å². The Labute approximate surface area is 321 Å². The summed E-state index contributed by atoms with van der Waals surface area (Å²) < 4.78 is 94.7. The lowest BCUT2D eigenvalue weighted by Gasteiger charge is -2.27. The normalized spacial score (nSPS) is 32.1. The Balaban J connectivity index is 1.13. The molecule has 4 aliphatic rings. The highest BCUT2D eigenvalue weighted by molar-refractivity contribution is 7.48. The molecule has 3 aliphatic heterocycles. The molecule has 55 heavy (non-hydrogen) atoms. The van der Waals surface area contributed by atoms with E-state index in [0.717, 1.165) is 38.4 Å². The summed E-state index contributed by atoms with van der Waals surface area (Å²) in [6, 6.07) is 18.1. The van der Waals surface area contributed by atoms with Gasteiger partial charge in [0.2, 0.25) is 0 Å². The summed E-state index contributed by atoms with van der Waals surface area (Å²) in [6.07, 6.45) is 1.77. The van der Waals surface area contributed by atoms with Gasteiger partial charge in [0.05, 0.1) is 37.9 Å². The topological polar surface area (TPSA) is 204 Å². The van der Waals surface area contributed by atoms with Gasteiger partial charge in [-0.05, 0) is 29.9 Å². The molecule has 3 fully saturated rings. The number of methoxy groups -OCH3 is 1. The van der Waals surface area contributed by atoms with Crippen LogP contribution < -0.4 is 0 Å². The van der Waals surface area contributed by atoms with Gasteiger partial charge in [0.15, 0.2) is 11.5 Å². The van der Waals surface area contributed by atoms with Crippen molar-refractivity contribution >= 4 is 23.5 Å². The van der Waals surface area contributed by atoms with Crippen LogP contribution in [0.3, 0.4) is 0 Å². The number of rotatable bonds is 18. The Bertz CT molecular complexity index is 1720. The van der Waals surface area contributed by atoms with Crippen LogP contribution in [0.15, 0.2) is 72.2 Å². The molecule has 3 N–H and O–H groups in total. The first-order valence-electron chi connectivity index (χ1n) is 18.4. The lowest BCUT2D eigenvalue weighted by atomic mass is 9.84. The number of hydrogen-bond donors (Lipinski definition) is 3. The van der Waals surface area contributed by atoms with Crippen molar-refractivity contribution in [3.63, 3.8) is 0 Å².